The lowest BCUT2D eigenvalue weighted by molar-refractivity contribution is 0.381. The van der Waals surface area contributed by atoms with E-state index in [2.05, 4.69) is 38.1 Å². The van der Waals surface area contributed by atoms with Crippen molar-refractivity contribution >= 4 is 10.4 Å². The third-order valence-electron chi connectivity index (χ3n) is 8.72. The molecule has 4 nitrogen and oxygen atoms in total. The van der Waals surface area contributed by atoms with Crippen LogP contribution in [0.25, 0.3) is 0 Å². The van der Waals surface area contributed by atoms with Crippen LogP contribution in [0.3, 0.4) is 0 Å². The number of hydrogen-bond donors (Lipinski definition) is 2. The molecular formula is C38H72O4S. The molecule has 0 saturated carbocycles. The van der Waals surface area contributed by atoms with E-state index in [1.807, 2.05) is 0 Å². The first-order chi connectivity index (χ1) is 20.9. The Morgan fingerprint density at radius 3 is 0.791 bits per heavy atom. The van der Waals surface area contributed by atoms with Gasteiger partial charge in [0.25, 0.3) is 0 Å². The number of hydrogen-bond acceptors (Lipinski definition) is 2. The molecule has 0 bridgehead atoms. The van der Waals surface area contributed by atoms with Crippen LogP contribution in [-0.2, 0) is 23.2 Å². The van der Waals surface area contributed by atoms with E-state index in [1.54, 1.807) is 11.1 Å². The average molecular weight is 625 g/mol. The van der Waals surface area contributed by atoms with E-state index in [9.17, 15) is 0 Å². The summed E-state index contributed by atoms with van der Waals surface area (Å²) in [6.45, 7) is 4.61. The molecule has 0 fully saturated rings. The molecule has 2 N–H and O–H groups in total. The molecule has 0 unspecified atom stereocenters. The molecule has 0 saturated heterocycles. The van der Waals surface area contributed by atoms with Gasteiger partial charge < -0.3 is 0 Å². The second kappa shape index (κ2) is 32.5. The van der Waals surface area contributed by atoms with Crippen molar-refractivity contribution < 1.29 is 17.5 Å². The molecule has 0 aliphatic rings. The summed E-state index contributed by atoms with van der Waals surface area (Å²) < 4.78 is 31.6. The Balaban J connectivity index is 0.00000324. The fourth-order valence-electron chi connectivity index (χ4n) is 6.07. The van der Waals surface area contributed by atoms with Gasteiger partial charge in [0, 0.05) is 0 Å². The summed E-state index contributed by atoms with van der Waals surface area (Å²) in [7, 11) is -4.67. The normalized spacial score (nSPS) is 11.4. The lowest BCUT2D eigenvalue weighted by atomic mass is 9.96. The highest BCUT2D eigenvalue weighted by Gasteiger charge is 2.03. The van der Waals surface area contributed by atoms with Crippen LogP contribution in [0.2, 0.25) is 0 Å². The fourth-order valence-corrected chi connectivity index (χ4v) is 6.07. The van der Waals surface area contributed by atoms with Crippen LogP contribution in [0.15, 0.2) is 24.3 Å². The third-order valence-corrected chi connectivity index (χ3v) is 8.72. The molecule has 1 aromatic rings. The average Bonchev–Trinajstić information content (AvgIpc) is 2.97. The second-order valence-electron chi connectivity index (χ2n) is 12.9. The minimum Gasteiger partial charge on any atom is -0.264 e. The first kappa shape index (κ1) is 42.1. The molecule has 1 aromatic carbocycles. The Kier molecular flexibility index (Phi) is 31.8. The van der Waals surface area contributed by atoms with Crippen LogP contribution < -0.4 is 0 Å². The molecule has 0 spiro atoms. The Morgan fingerprint density at radius 1 is 0.395 bits per heavy atom. The SMILES string of the molecule is CCCCCCCCCCCCCCCCc1ccccc1CCCCCCCCCCCCCCCC.O=S(=O)(O)O. The van der Waals surface area contributed by atoms with Crippen LogP contribution in [-0.4, -0.2) is 17.5 Å². The van der Waals surface area contributed by atoms with Gasteiger partial charge in [0.15, 0.2) is 0 Å². The van der Waals surface area contributed by atoms with Crippen LogP contribution >= 0.6 is 0 Å². The topological polar surface area (TPSA) is 74.6 Å². The lowest BCUT2D eigenvalue weighted by Crippen LogP contribution is -1.95. The molecule has 254 valence electrons. The van der Waals surface area contributed by atoms with Crippen molar-refractivity contribution in [2.45, 2.75) is 206 Å². The quantitative estimate of drug-likeness (QED) is 0.0659. The Bertz CT molecular complexity index is 734. The molecule has 1 rings (SSSR count). The Morgan fingerprint density at radius 2 is 0.581 bits per heavy atom. The van der Waals surface area contributed by atoms with Crippen molar-refractivity contribution in [2.24, 2.45) is 0 Å². The predicted molar refractivity (Wildman–Crippen MR) is 189 cm³/mol. The fraction of sp³-hybridized carbons (Fsp3) is 0.842. The van der Waals surface area contributed by atoms with E-state index in [0.717, 1.165) is 0 Å². The van der Waals surface area contributed by atoms with Gasteiger partial charge in [-0.3, -0.25) is 9.11 Å². The van der Waals surface area contributed by atoms with Crippen molar-refractivity contribution in [3.05, 3.63) is 35.4 Å². The van der Waals surface area contributed by atoms with Gasteiger partial charge in [-0.25, -0.2) is 0 Å². The lowest BCUT2D eigenvalue weighted by Gasteiger charge is -2.10. The van der Waals surface area contributed by atoms with Gasteiger partial charge in [0.1, 0.15) is 0 Å². The minimum absolute atomic E-state index is 1.30. The number of unbranched alkanes of at least 4 members (excludes halogenated alkanes) is 26. The van der Waals surface area contributed by atoms with Gasteiger partial charge in [0.05, 0.1) is 0 Å². The molecule has 0 aliphatic carbocycles. The number of aryl methyl sites for hydroxylation is 2. The summed E-state index contributed by atoms with van der Waals surface area (Å²) in [5.74, 6) is 0. The highest BCUT2D eigenvalue weighted by molar-refractivity contribution is 7.79. The molecule has 43 heavy (non-hydrogen) atoms. The Labute approximate surface area is 269 Å². The molecular weight excluding hydrogens is 552 g/mol. The number of rotatable bonds is 30. The molecule has 0 atom stereocenters. The molecule has 0 aromatic heterocycles. The van der Waals surface area contributed by atoms with E-state index in [1.165, 1.54) is 193 Å². The maximum absolute atomic E-state index is 8.74. The first-order valence-corrected chi connectivity index (χ1v) is 20.0. The zero-order valence-electron chi connectivity index (χ0n) is 28.6. The molecule has 0 radical (unpaired) electrons. The van der Waals surface area contributed by atoms with Crippen molar-refractivity contribution in [3.63, 3.8) is 0 Å². The molecule has 5 heteroatoms. The van der Waals surface area contributed by atoms with Crippen molar-refractivity contribution in [2.75, 3.05) is 0 Å². The van der Waals surface area contributed by atoms with Crippen molar-refractivity contribution in [1.29, 1.82) is 0 Å². The van der Waals surface area contributed by atoms with E-state index in [4.69, 9.17) is 17.5 Å². The molecule has 0 amide bonds. The maximum atomic E-state index is 8.74. The maximum Gasteiger partial charge on any atom is 0.394 e. The Hall–Kier alpha value is -0.910. The molecule has 0 aliphatic heterocycles. The van der Waals surface area contributed by atoms with Gasteiger partial charge in [-0.1, -0.05) is 205 Å². The van der Waals surface area contributed by atoms with Crippen LogP contribution in [0.4, 0.5) is 0 Å². The monoisotopic (exact) mass is 625 g/mol. The summed E-state index contributed by atoms with van der Waals surface area (Å²) in [6.07, 6.45) is 43.1. The van der Waals surface area contributed by atoms with Gasteiger partial charge in [-0.2, -0.15) is 8.42 Å². The predicted octanol–water partition coefficient (Wildman–Crippen LogP) is 13.1. The summed E-state index contributed by atoms with van der Waals surface area (Å²) in [5, 5.41) is 0. The second-order valence-corrected chi connectivity index (χ2v) is 13.8. The summed E-state index contributed by atoms with van der Waals surface area (Å²) in [6, 6.07) is 9.32. The van der Waals surface area contributed by atoms with Crippen LogP contribution in [0, 0.1) is 0 Å². The standard InChI is InChI=1S/C38H70.H2O4S/c1-3-5-7-9-11-13-15-17-19-21-23-25-27-29-33-37-35-31-32-36-38(37)34-30-28-26-24-22-20-18-16-14-12-10-8-6-4-2;1-5(2,3)4/h31-32,35-36H,3-30,33-34H2,1-2H3;(H2,1,2,3,4). The summed E-state index contributed by atoms with van der Waals surface area (Å²) >= 11 is 0. The highest BCUT2D eigenvalue weighted by atomic mass is 32.3. The van der Waals surface area contributed by atoms with Gasteiger partial charge in [-0.15, -0.1) is 0 Å². The minimum atomic E-state index is -4.67. The zero-order chi connectivity index (χ0) is 31.7. The zero-order valence-corrected chi connectivity index (χ0v) is 29.5. The van der Waals surface area contributed by atoms with E-state index < -0.39 is 10.4 Å². The van der Waals surface area contributed by atoms with Crippen molar-refractivity contribution in [1.82, 2.24) is 0 Å². The van der Waals surface area contributed by atoms with Crippen molar-refractivity contribution in [3.8, 4) is 0 Å². The van der Waals surface area contributed by atoms with E-state index >= 15 is 0 Å². The van der Waals surface area contributed by atoms with Crippen LogP contribution in [0.1, 0.15) is 205 Å². The van der Waals surface area contributed by atoms with Gasteiger partial charge in [-0.05, 0) is 36.8 Å². The smallest absolute Gasteiger partial charge is 0.264 e. The largest absolute Gasteiger partial charge is 0.394 e. The highest BCUT2D eigenvalue weighted by Crippen LogP contribution is 2.19. The number of benzene rings is 1. The van der Waals surface area contributed by atoms with Gasteiger partial charge >= 0.3 is 10.4 Å². The third kappa shape index (κ3) is 35.4. The van der Waals surface area contributed by atoms with Gasteiger partial charge in [0.2, 0.25) is 0 Å². The van der Waals surface area contributed by atoms with E-state index in [0.29, 0.717) is 0 Å². The summed E-state index contributed by atoms with van der Waals surface area (Å²) in [4.78, 5) is 0. The summed E-state index contributed by atoms with van der Waals surface area (Å²) in [5.41, 5.74) is 3.28. The molecule has 0 heterocycles. The van der Waals surface area contributed by atoms with Crippen LogP contribution in [0.5, 0.6) is 0 Å². The first-order valence-electron chi connectivity index (χ1n) is 18.6. The van der Waals surface area contributed by atoms with E-state index in [-0.39, 0.29) is 0 Å².